The number of amides is 1. The van der Waals surface area contributed by atoms with E-state index in [1.807, 2.05) is 24.3 Å². The highest BCUT2D eigenvalue weighted by molar-refractivity contribution is 5.76. The molecule has 0 aliphatic carbocycles. The first-order valence-electron chi connectivity index (χ1n) is 9.37. The van der Waals surface area contributed by atoms with Crippen molar-refractivity contribution in [2.24, 2.45) is 0 Å². The normalized spacial score (nSPS) is 15.9. The summed E-state index contributed by atoms with van der Waals surface area (Å²) < 4.78 is 10.7. The number of aryl methyl sites for hydroxylation is 1. The zero-order chi connectivity index (χ0) is 18.9. The molecule has 6 heteroatoms. The van der Waals surface area contributed by atoms with Gasteiger partial charge in [0.1, 0.15) is 5.75 Å². The number of hydrogen-bond donors (Lipinski definition) is 1. The van der Waals surface area contributed by atoms with Gasteiger partial charge in [-0.3, -0.25) is 14.7 Å². The number of nitrogens with one attached hydrogen (secondary N) is 1. The third-order valence-electron chi connectivity index (χ3n) is 4.84. The van der Waals surface area contributed by atoms with Crippen molar-refractivity contribution in [2.75, 3.05) is 40.0 Å². The van der Waals surface area contributed by atoms with E-state index in [0.717, 1.165) is 37.6 Å². The number of carbonyl (C=O) groups excluding carboxylic acids is 1. The van der Waals surface area contributed by atoms with Gasteiger partial charge < -0.3 is 14.8 Å². The molecule has 27 heavy (non-hydrogen) atoms. The Labute approximate surface area is 160 Å². The summed E-state index contributed by atoms with van der Waals surface area (Å²) in [6.45, 7) is 3.76. The van der Waals surface area contributed by atoms with E-state index < -0.39 is 0 Å². The van der Waals surface area contributed by atoms with Crippen molar-refractivity contribution in [3.8, 4) is 5.75 Å². The predicted octanol–water partition coefficient (Wildman–Crippen LogP) is 2.21. The fourth-order valence-corrected chi connectivity index (χ4v) is 3.28. The van der Waals surface area contributed by atoms with Crippen molar-refractivity contribution in [3.05, 3.63) is 59.9 Å². The zero-order valence-electron chi connectivity index (χ0n) is 15.8. The van der Waals surface area contributed by atoms with Crippen molar-refractivity contribution in [3.63, 3.8) is 0 Å². The van der Waals surface area contributed by atoms with Crippen LogP contribution in [-0.4, -0.2) is 55.7 Å². The second-order valence-corrected chi connectivity index (χ2v) is 6.60. The Morgan fingerprint density at radius 1 is 1.26 bits per heavy atom. The first-order valence-corrected chi connectivity index (χ1v) is 9.37. The summed E-state index contributed by atoms with van der Waals surface area (Å²) >= 11 is 0. The van der Waals surface area contributed by atoms with Crippen LogP contribution in [0.25, 0.3) is 0 Å². The van der Waals surface area contributed by atoms with Gasteiger partial charge in [0.05, 0.1) is 26.4 Å². The highest BCUT2D eigenvalue weighted by Crippen LogP contribution is 2.23. The standard InChI is InChI=1S/C21H27N3O3/c1-26-19-7-5-18(6-8-19)20(24-11-13-27-14-12-24)16-23-21(25)9-4-17-3-2-10-22-15-17/h2-3,5-8,10,15,20H,4,9,11-14,16H2,1H3,(H,23,25). The van der Waals surface area contributed by atoms with Crippen molar-refractivity contribution < 1.29 is 14.3 Å². The van der Waals surface area contributed by atoms with Crippen LogP contribution in [0.1, 0.15) is 23.6 Å². The molecular weight excluding hydrogens is 342 g/mol. The van der Waals surface area contributed by atoms with Gasteiger partial charge in [-0.15, -0.1) is 0 Å². The van der Waals surface area contributed by atoms with Crippen LogP contribution in [0.2, 0.25) is 0 Å². The maximum atomic E-state index is 12.3. The highest BCUT2D eigenvalue weighted by atomic mass is 16.5. The number of pyridine rings is 1. The molecule has 144 valence electrons. The van der Waals surface area contributed by atoms with Gasteiger partial charge in [0.2, 0.25) is 5.91 Å². The second-order valence-electron chi connectivity index (χ2n) is 6.60. The molecule has 0 bridgehead atoms. The summed E-state index contributed by atoms with van der Waals surface area (Å²) in [4.78, 5) is 18.8. The molecule has 1 N–H and O–H groups in total. The Kier molecular flexibility index (Phi) is 7.19. The Balaban J connectivity index is 1.59. The smallest absolute Gasteiger partial charge is 0.220 e. The molecule has 0 radical (unpaired) electrons. The van der Waals surface area contributed by atoms with Crippen LogP contribution < -0.4 is 10.1 Å². The minimum absolute atomic E-state index is 0.0608. The van der Waals surface area contributed by atoms with E-state index in [-0.39, 0.29) is 11.9 Å². The van der Waals surface area contributed by atoms with E-state index in [1.165, 1.54) is 5.56 Å². The van der Waals surface area contributed by atoms with Gasteiger partial charge in [-0.05, 0) is 35.7 Å². The van der Waals surface area contributed by atoms with Crippen LogP contribution in [0.4, 0.5) is 0 Å². The number of ether oxygens (including phenoxy) is 2. The Morgan fingerprint density at radius 3 is 2.70 bits per heavy atom. The molecule has 2 heterocycles. The average molecular weight is 369 g/mol. The van der Waals surface area contributed by atoms with Gasteiger partial charge in [0.25, 0.3) is 0 Å². The fraction of sp³-hybridized carbons (Fsp3) is 0.429. The lowest BCUT2D eigenvalue weighted by molar-refractivity contribution is -0.121. The van der Waals surface area contributed by atoms with E-state index in [9.17, 15) is 4.79 Å². The SMILES string of the molecule is COc1ccc(C(CNC(=O)CCc2cccnc2)N2CCOCC2)cc1. The largest absolute Gasteiger partial charge is 0.497 e. The summed E-state index contributed by atoms with van der Waals surface area (Å²) in [5.74, 6) is 0.894. The molecule has 1 unspecified atom stereocenters. The topological polar surface area (TPSA) is 63.7 Å². The molecule has 1 aliphatic rings. The number of hydrogen-bond acceptors (Lipinski definition) is 5. The predicted molar refractivity (Wildman–Crippen MR) is 104 cm³/mol. The van der Waals surface area contributed by atoms with Crippen LogP contribution in [0, 0.1) is 0 Å². The summed E-state index contributed by atoms with van der Waals surface area (Å²) in [6, 6.07) is 12.1. The molecule has 1 aromatic heterocycles. The molecule has 1 aliphatic heterocycles. The van der Waals surface area contributed by atoms with E-state index in [4.69, 9.17) is 9.47 Å². The maximum Gasteiger partial charge on any atom is 0.220 e. The van der Waals surface area contributed by atoms with Crippen molar-refractivity contribution in [2.45, 2.75) is 18.9 Å². The number of benzene rings is 1. The summed E-state index contributed by atoms with van der Waals surface area (Å²) in [5, 5.41) is 3.10. The number of morpholine rings is 1. The number of nitrogens with zero attached hydrogens (tertiary/aromatic N) is 2. The van der Waals surface area contributed by atoms with Crippen LogP contribution >= 0.6 is 0 Å². The van der Waals surface area contributed by atoms with Gasteiger partial charge in [-0.2, -0.15) is 0 Å². The maximum absolute atomic E-state index is 12.3. The van der Waals surface area contributed by atoms with Crippen LogP contribution in [0.3, 0.4) is 0 Å². The number of rotatable bonds is 8. The molecule has 1 aromatic carbocycles. The molecule has 0 saturated carbocycles. The van der Waals surface area contributed by atoms with Crippen LogP contribution in [0.5, 0.6) is 5.75 Å². The summed E-state index contributed by atoms with van der Waals surface area (Å²) in [5.41, 5.74) is 2.25. The lowest BCUT2D eigenvalue weighted by Crippen LogP contribution is -2.43. The van der Waals surface area contributed by atoms with Gasteiger partial charge >= 0.3 is 0 Å². The van der Waals surface area contributed by atoms with Gasteiger partial charge in [-0.1, -0.05) is 18.2 Å². The van der Waals surface area contributed by atoms with Crippen LogP contribution in [0.15, 0.2) is 48.8 Å². The third-order valence-corrected chi connectivity index (χ3v) is 4.84. The third kappa shape index (κ3) is 5.77. The molecule has 1 saturated heterocycles. The lowest BCUT2D eigenvalue weighted by atomic mass is 10.0. The Morgan fingerprint density at radius 2 is 2.04 bits per heavy atom. The summed E-state index contributed by atoms with van der Waals surface area (Å²) in [6.07, 6.45) is 4.71. The van der Waals surface area contributed by atoms with Crippen molar-refractivity contribution in [1.29, 1.82) is 0 Å². The molecule has 0 spiro atoms. The molecule has 3 rings (SSSR count). The number of methoxy groups -OCH3 is 1. The average Bonchev–Trinajstić information content (AvgIpc) is 2.74. The Hall–Kier alpha value is -2.44. The fourth-order valence-electron chi connectivity index (χ4n) is 3.28. The monoisotopic (exact) mass is 369 g/mol. The molecular formula is C21H27N3O3. The van der Waals surface area contributed by atoms with Crippen molar-refractivity contribution >= 4 is 5.91 Å². The molecule has 1 fully saturated rings. The second kappa shape index (κ2) is 10.0. The van der Waals surface area contributed by atoms with E-state index in [1.54, 1.807) is 19.5 Å². The van der Waals surface area contributed by atoms with E-state index in [0.29, 0.717) is 19.4 Å². The zero-order valence-corrected chi connectivity index (χ0v) is 15.8. The van der Waals surface area contributed by atoms with Crippen molar-refractivity contribution in [1.82, 2.24) is 15.2 Å². The summed E-state index contributed by atoms with van der Waals surface area (Å²) in [7, 11) is 1.66. The minimum atomic E-state index is 0.0608. The highest BCUT2D eigenvalue weighted by Gasteiger charge is 2.23. The molecule has 1 amide bonds. The van der Waals surface area contributed by atoms with E-state index in [2.05, 4.69) is 27.3 Å². The number of carbonyl (C=O) groups is 1. The molecule has 2 aromatic rings. The molecule has 6 nitrogen and oxygen atoms in total. The van der Waals surface area contributed by atoms with Gasteiger partial charge in [0.15, 0.2) is 0 Å². The quantitative estimate of drug-likeness (QED) is 0.773. The molecule has 1 atom stereocenters. The van der Waals surface area contributed by atoms with Gasteiger partial charge in [-0.25, -0.2) is 0 Å². The van der Waals surface area contributed by atoms with Gasteiger partial charge in [0, 0.05) is 38.4 Å². The first-order chi connectivity index (χ1) is 13.3. The Bertz CT molecular complexity index is 700. The first kappa shape index (κ1) is 19.3. The minimum Gasteiger partial charge on any atom is -0.497 e. The number of aromatic nitrogens is 1. The lowest BCUT2D eigenvalue weighted by Gasteiger charge is -2.35. The van der Waals surface area contributed by atoms with E-state index >= 15 is 0 Å². The van der Waals surface area contributed by atoms with Crippen LogP contribution in [-0.2, 0) is 16.0 Å².